The van der Waals surface area contributed by atoms with Gasteiger partial charge in [0.15, 0.2) is 0 Å². The molecule has 1 aromatic carbocycles. The van der Waals surface area contributed by atoms with Crippen molar-refractivity contribution in [3.63, 3.8) is 0 Å². The van der Waals surface area contributed by atoms with Crippen molar-refractivity contribution in [3.8, 4) is 0 Å². The minimum Gasteiger partial charge on any atom is -0.371 e. The monoisotopic (exact) mass is 260 g/mol. The minimum absolute atomic E-state index is 0.931. The van der Waals surface area contributed by atoms with Crippen LogP contribution in [-0.4, -0.2) is 19.6 Å². The van der Waals surface area contributed by atoms with Crippen LogP contribution in [0.2, 0.25) is 0 Å². The molecular weight excluding hydrogens is 232 g/mol. The van der Waals surface area contributed by atoms with Crippen molar-refractivity contribution in [3.05, 3.63) is 29.3 Å². The van der Waals surface area contributed by atoms with Crippen LogP contribution >= 0.6 is 0 Å². The molecule has 0 saturated heterocycles. The molecule has 1 fully saturated rings. The standard InChI is InChI=1S/C17H28N2/c1-4-18-12-16-9-10-17(14(3)11-16)19(5-2)13-15-7-6-8-15/h9-11,15,18H,4-8,12-13H2,1-3H3. The summed E-state index contributed by atoms with van der Waals surface area (Å²) in [7, 11) is 0. The van der Waals surface area contributed by atoms with Crippen molar-refractivity contribution < 1.29 is 0 Å². The zero-order chi connectivity index (χ0) is 13.7. The van der Waals surface area contributed by atoms with E-state index < -0.39 is 0 Å². The van der Waals surface area contributed by atoms with E-state index in [1.54, 1.807) is 0 Å². The number of anilines is 1. The second-order valence-corrected chi connectivity index (χ2v) is 5.74. The highest BCUT2D eigenvalue weighted by atomic mass is 15.1. The van der Waals surface area contributed by atoms with E-state index in [0.717, 1.165) is 25.6 Å². The third-order valence-corrected chi connectivity index (χ3v) is 4.27. The molecule has 2 nitrogen and oxygen atoms in total. The first kappa shape index (κ1) is 14.4. The topological polar surface area (TPSA) is 15.3 Å². The Morgan fingerprint density at radius 3 is 2.58 bits per heavy atom. The van der Waals surface area contributed by atoms with Gasteiger partial charge in [0.25, 0.3) is 0 Å². The fraction of sp³-hybridized carbons (Fsp3) is 0.647. The van der Waals surface area contributed by atoms with Gasteiger partial charge in [-0.05, 0) is 56.3 Å². The Morgan fingerprint density at radius 1 is 1.26 bits per heavy atom. The number of hydrogen-bond acceptors (Lipinski definition) is 2. The van der Waals surface area contributed by atoms with E-state index in [0.29, 0.717) is 0 Å². The molecule has 1 saturated carbocycles. The largest absolute Gasteiger partial charge is 0.371 e. The van der Waals surface area contributed by atoms with Gasteiger partial charge < -0.3 is 10.2 Å². The van der Waals surface area contributed by atoms with Gasteiger partial charge in [0.05, 0.1) is 0 Å². The SMILES string of the molecule is CCNCc1ccc(N(CC)CC2CCC2)c(C)c1. The fourth-order valence-corrected chi connectivity index (χ4v) is 2.84. The molecule has 1 N–H and O–H groups in total. The van der Waals surface area contributed by atoms with Crippen molar-refractivity contribution in [2.45, 2.75) is 46.6 Å². The second kappa shape index (κ2) is 6.95. The summed E-state index contributed by atoms with van der Waals surface area (Å²) in [6, 6.07) is 6.92. The highest BCUT2D eigenvalue weighted by Gasteiger charge is 2.20. The van der Waals surface area contributed by atoms with E-state index in [2.05, 4.69) is 49.2 Å². The van der Waals surface area contributed by atoms with Gasteiger partial charge in [-0.25, -0.2) is 0 Å². The van der Waals surface area contributed by atoms with Crippen molar-refractivity contribution in [2.24, 2.45) is 5.92 Å². The Kier molecular flexibility index (Phi) is 5.26. The number of nitrogens with one attached hydrogen (secondary N) is 1. The molecule has 1 aromatic rings. The van der Waals surface area contributed by atoms with Crippen LogP contribution in [0.25, 0.3) is 0 Å². The molecule has 1 aliphatic rings. The average molecular weight is 260 g/mol. The van der Waals surface area contributed by atoms with Gasteiger partial charge in [0.2, 0.25) is 0 Å². The molecule has 2 heteroatoms. The quantitative estimate of drug-likeness (QED) is 0.803. The lowest BCUT2D eigenvalue weighted by molar-refractivity contribution is 0.318. The molecule has 106 valence electrons. The third kappa shape index (κ3) is 3.73. The lowest BCUT2D eigenvalue weighted by Gasteiger charge is -2.34. The Hall–Kier alpha value is -1.02. The maximum atomic E-state index is 3.39. The van der Waals surface area contributed by atoms with Crippen LogP contribution in [0, 0.1) is 12.8 Å². The van der Waals surface area contributed by atoms with Gasteiger partial charge in [0.1, 0.15) is 0 Å². The van der Waals surface area contributed by atoms with E-state index in [1.165, 1.54) is 42.6 Å². The normalized spacial score (nSPS) is 15.3. The smallest absolute Gasteiger partial charge is 0.0396 e. The van der Waals surface area contributed by atoms with Crippen molar-refractivity contribution >= 4 is 5.69 Å². The van der Waals surface area contributed by atoms with E-state index in [-0.39, 0.29) is 0 Å². The van der Waals surface area contributed by atoms with Crippen LogP contribution in [0.5, 0.6) is 0 Å². The summed E-state index contributed by atoms with van der Waals surface area (Å²) in [6.07, 6.45) is 4.28. The highest BCUT2D eigenvalue weighted by Crippen LogP contribution is 2.30. The first-order valence-corrected chi connectivity index (χ1v) is 7.79. The Bertz CT molecular complexity index is 396. The zero-order valence-electron chi connectivity index (χ0n) is 12.7. The maximum absolute atomic E-state index is 3.39. The summed E-state index contributed by atoms with van der Waals surface area (Å²) in [5, 5.41) is 3.39. The van der Waals surface area contributed by atoms with Crippen molar-refractivity contribution in [1.29, 1.82) is 0 Å². The fourth-order valence-electron chi connectivity index (χ4n) is 2.84. The molecule has 0 spiro atoms. The number of aryl methyl sites for hydroxylation is 1. The van der Waals surface area contributed by atoms with Gasteiger partial charge in [0, 0.05) is 25.3 Å². The Balaban J connectivity index is 2.04. The van der Waals surface area contributed by atoms with E-state index >= 15 is 0 Å². The summed E-state index contributed by atoms with van der Waals surface area (Å²) in [6.45, 7) is 11.0. The predicted molar refractivity (Wildman–Crippen MR) is 83.8 cm³/mol. The van der Waals surface area contributed by atoms with Crippen LogP contribution in [-0.2, 0) is 6.54 Å². The van der Waals surface area contributed by atoms with Gasteiger partial charge >= 0.3 is 0 Å². The summed E-state index contributed by atoms with van der Waals surface area (Å²) in [4.78, 5) is 2.55. The molecule has 0 atom stereocenters. The van der Waals surface area contributed by atoms with Crippen molar-refractivity contribution in [1.82, 2.24) is 5.32 Å². The Morgan fingerprint density at radius 2 is 2.05 bits per heavy atom. The van der Waals surface area contributed by atoms with Gasteiger partial charge in [-0.1, -0.05) is 25.5 Å². The van der Waals surface area contributed by atoms with Gasteiger partial charge in [-0.2, -0.15) is 0 Å². The van der Waals surface area contributed by atoms with Crippen LogP contribution < -0.4 is 10.2 Å². The Labute approximate surface area is 118 Å². The molecule has 0 amide bonds. The molecule has 0 unspecified atom stereocenters. The van der Waals surface area contributed by atoms with Gasteiger partial charge in [-0.3, -0.25) is 0 Å². The molecular formula is C17H28N2. The summed E-state index contributed by atoms with van der Waals surface area (Å²) >= 11 is 0. The van der Waals surface area contributed by atoms with E-state index in [4.69, 9.17) is 0 Å². The molecule has 0 aliphatic heterocycles. The molecule has 19 heavy (non-hydrogen) atoms. The first-order chi connectivity index (χ1) is 9.24. The van der Waals surface area contributed by atoms with Gasteiger partial charge in [-0.15, -0.1) is 0 Å². The maximum Gasteiger partial charge on any atom is 0.0396 e. The number of rotatable bonds is 7. The zero-order valence-corrected chi connectivity index (χ0v) is 12.7. The second-order valence-electron chi connectivity index (χ2n) is 5.74. The summed E-state index contributed by atoms with van der Waals surface area (Å²) in [5.74, 6) is 0.931. The lowest BCUT2D eigenvalue weighted by atomic mass is 9.85. The van der Waals surface area contributed by atoms with Crippen LogP contribution in [0.4, 0.5) is 5.69 Å². The number of nitrogens with zero attached hydrogens (tertiary/aromatic N) is 1. The number of hydrogen-bond donors (Lipinski definition) is 1. The van der Waals surface area contributed by atoms with Crippen molar-refractivity contribution in [2.75, 3.05) is 24.5 Å². The van der Waals surface area contributed by atoms with Crippen LogP contribution in [0.1, 0.15) is 44.2 Å². The molecule has 2 rings (SSSR count). The van der Waals surface area contributed by atoms with E-state index in [1.807, 2.05) is 0 Å². The highest BCUT2D eigenvalue weighted by molar-refractivity contribution is 5.54. The molecule has 0 bridgehead atoms. The van der Waals surface area contributed by atoms with Crippen LogP contribution in [0.3, 0.4) is 0 Å². The number of benzene rings is 1. The third-order valence-electron chi connectivity index (χ3n) is 4.27. The summed E-state index contributed by atoms with van der Waals surface area (Å²) < 4.78 is 0. The average Bonchev–Trinajstić information content (AvgIpc) is 2.36. The predicted octanol–water partition coefficient (Wildman–Crippen LogP) is 3.73. The minimum atomic E-state index is 0.931. The molecule has 0 aromatic heterocycles. The molecule has 0 radical (unpaired) electrons. The molecule has 0 heterocycles. The summed E-state index contributed by atoms with van der Waals surface area (Å²) in [5.41, 5.74) is 4.23. The first-order valence-electron chi connectivity index (χ1n) is 7.79. The molecule has 1 aliphatic carbocycles. The van der Waals surface area contributed by atoms with Crippen LogP contribution in [0.15, 0.2) is 18.2 Å². The van der Waals surface area contributed by atoms with E-state index in [9.17, 15) is 0 Å². The lowest BCUT2D eigenvalue weighted by Crippen LogP contribution is -2.32.